The molecule has 0 aliphatic heterocycles. The van der Waals surface area contributed by atoms with E-state index in [0.29, 0.717) is 12.2 Å². The molecule has 0 aliphatic carbocycles. The van der Waals surface area contributed by atoms with Crippen LogP contribution in [0.5, 0.6) is 0 Å². The van der Waals surface area contributed by atoms with E-state index in [9.17, 15) is 13.2 Å². The van der Waals surface area contributed by atoms with Crippen LogP contribution < -0.4 is 5.32 Å². The number of nitrogens with one attached hydrogen (secondary N) is 1. The van der Waals surface area contributed by atoms with Gasteiger partial charge in [0.25, 0.3) is 0 Å². The fourth-order valence-electron chi connectivity index (χ4n) is 1.75. The lowest BCUT2D eigenvalue weighted by molar-refractivity contribution is -0.141. The molecule has 0 radical (unpaired) electrons. The van der Waals surface area contributed by atoms with Crippen LogP contribution in [0.15, 0.2) is 30.7 Å². The summed E-state index contributed by atoms with van der Waals surface area (Å²) in [6.07, 6.45) is 0.0225. The molecule has 7 heteroatoms. The first-order chi connectivity index (χ1) is 9.67. The Labute approximate surface area is 121 Å². The maximum Gasteiger partial charge on any atom is 0.435 e. The summed E-state index contributed by atoms with van der Waals surface area (Å²) in [4.78, 5) is 4.02. The SMILES string of the molecule is CC(C)(C)NCc1cnccc1-n1ccc(C(F)(F)F)n1. The van der Waals surface area contributed by atoms with Crippen molar-refractivity contribution in [2.75, 3.05) is 0 Å². The zero-order chi connectivity index (χ0) is 15.7. The summed E-state index contributed by atoms with van der Waals surface area (Å²) >= 11 is 0. The van der Waals surface area contributed by atoms with Crippen LogP contribution in [0.25, 0.3) is 5.69 Å². The van der Waals surface area contributed by atoms with Crippen molar-refractivity contribution in [3.8, 4) is 5.69 Å². The normalized spacial score (nSPS) is 12.7. The van der Waals surface area contributed by atoms with Crippen molar-refractivity contribution < 1.29 is 13.2 Å². The van der Waals surface area contributed by atoms with Gasteiger partial charge in [-0.1, -0.05) is 0 Å². The third kappa shape index (κ3) is 4.04. The maximum absolute atomic E-state index is 12.6. The molecular weight excluding hydrogens is 281 g/mol. The molecule has 0 atom stereocenters. The van der Waals surface area contributed by atoms with Crippen LogP contribution >= 0.6 is 0 Å². The highest BCUT2D eigenvalue weighted by Gasteiger charge is 2.33. The van der Waals surface area contributed by atoms with Crippen molar-refractivity contribution >= 4 is 0 Å². The topological polar surface area (TPSA) is 42.7 Å². The zero-order valence-corrected chi connectivity index (χ0v) is 12.1. The number of rotatable bonds is 3. The van der Waals surface area contributed by atoms with Gasteiger partial charge in [0, 0.05) is 36.2 Å². The number of alkyl halides is 3. The van der Waals surface area contributed by atoms with E-state index in [1.807, 2.05) is 20.8 Å². The summed E-state index contributed by atoms with van der Waals surface area (Å²) in [6.45, 7) is 6.53. The van der Waals surface area contributed by atoms with E-state index < -0.39 is 11.9 Å². The molecule has 0 saturated heterocycles. The van der Waals surface area contributed by atoms with E-state index in [1.54, 1.807) is 12.3 Å². The van der Waals surface area contributed by atoms with Gasteiger partial charge in [0.05, 0.1) is 5.69 Å². The minimum atomic E-state index is -4.44. The van der Waals surface area contributed by atoms with Crippen molar-refractivity contribution in [3.63, 3.8) is 0 Å². The van der Waals surface area contributed by atoms with Crippen LogP contribution in [0.2, 0.25) is 0 Å². The highest BCUT2D eigenvalue weighted by atomic mass is 19.4. The van der Waals surface area contributed by atoms with Crippen molar-refractivity contribution in [3.05, 3.63) is 42.0 Å². The summed E-state index contributed by atoms with van der Waals surface area (Å²) in [5, 5.41) is 6.87. The van der Waals surface area contributed by atoms with E-state index >= 15 is 0 Å². The van der Waals surface area contributed by atoms with Gasteiger partial charge in [-0.2, -0.15) is 18.3 Å². The number of aromatic nitrogens is 3. The molecule has 2 heterocycles. The van der Waals surface area contributed by atoms with Crippen molar-refractivity contribution in [2.24, 2.45) is 0 Å². The molecule has 2 aromatic rings. The molecule has 0 unspecified atom stereocenters. The maximum atomic E-state index is 12.6. The average Bonchev–Trinajstić information content (AvgIpc) is 2.85. The lowest BCUT2D eigenvalue weighted by Crippen LogP contribution is -2.35. The predicted molar refractivity (Wildman–Crippen MR) is 73.0 cm³/mol. The Balaban J connectivity index is 2.30. The molecule has 0 spiro atoms. The molecule has 0 aliphatic rings. The number of nitrogens with zero attached hydrogens (tertiary/aromatic N) is 3. The molecule has 2 rings (SSSR count). The van der Waals surface area contributed by atoms with Gasteiger partial charge in [-0.3, -0.25) is 4.98 Å². The monoisotopic (exact) mass is 298 g/mol. The van der Waals surface area contributed by atoms with Crippen molar-refractivity contribution in [2.45, 2.75) is 39.0 Å². The van der Waals surface area contributed by atoms with Gasteiger partial charge in [-0.25, -0.2) is 4.68 Å². The number of hydrogen-bond donors (Lipinski definition) is 1. The smallest absolute Gasteiger partial charge is 0.308 e. The van der Waals surface area contributed by atoms with Crippen LogP contribution in [0.3, 0.4) is 0 Å². The summed E-state index contributed by atoms with van der Waals surface area (Å²) < 4.78 is 39.1. The second-order valence-electron chi connectivity index (χ2n) is 5.75. The summed E-state index contributed by atoms with van der Waals surface area (Å²) in [5.74, 6) is 0. The standard InChI is InChI=1S/C14H17F3N4/c1-13(2,3)19-9-10-8-18-6-4-11(10)21-7-5-12(20-21)14(15,16)17/h4-8,19H,9H2,1-3H3. The molecule has 1 N–H and O–H groups in total. The third-order valence-corrected chi connectivity index (χ3v) is 2.81. The van der Waals surface area contributed by atoms with Gasteiger partial charge in [0.1, 0.15) is 0 Å². The highest BCUT2D eigenvalue weighted by molar-refractivity contribution is 5.38. The van der Waals surface area contributed by atoms with Gasteiger partial charge in [-0.15, -0.1) is 0 Å². The van der Waals surface area contributed by atoms with E-state index in [1.165, 1.54) is 17.1 Å². The van der Waals surface area contributed by atoms with Crippen molar-refractivity contribution in [1.82, 2.24) is 20.1 Å². The molecule has 0 bridgehead atoms. The molecule has 114 valence electrons. The third-order valence-electron chi connectivity index (χ3n) is 2.81. The van der Waals surface area contributed by atoms with E-state index in [0.717, 1.165) is 11.6 Å². The largest absolute Gasteiger partial charge is 0.435 e. The first-order valence-electron chi connectivity index (χ1n) is 6.48. The Kier molecular flexibility index (Phi) is 4.04. The molecular formula is C14H17F3N4. The second kappa shape index (κ2) is 5.48. The lowest BCUT2D eigenvalue weighted by atomic mass is 10.1. The Morgan fingerprint density at radius 1 is 1.19 bits per heavy atom. The van der Waals surface area contributed by atoms with E-state index in [2.05, 4.69) is 15.4 Å². The van der Waals surface area contributed by atoms with E-state index in [4.69, 9.17) is 0 Å². The summed E-state index contributed by atoms with van der Waals surface area (Å²) in [7, 11) is 0. The molecule has 0 fully saturated rings. The molecule has 0 saturated carbocycles. The Morgan fingerprint density at radius 2 is 1.90 bits per heavy atom. The molecule has 0 amide bonds. The first kappa shape index (κ1) is 15.5. The number of hydrogen-bond acceptors (Lipinski definition) is 3. The minimum absolute atomic E-state index is 0.103. The average molecular weight is 298 g/mol. The lowest BCUT2D eigenvalue weighted by Gasteiger charge is -2.21. The fraction of sp³-hybridized carbons (Fsp3) is 0.429. The Bertz CT molecular complexity index is 611. The van der Waals surface area contributed by atoms with Gasteiger partial charge in [0.2, 0.25) is 0 Å². The molecule has 2 aromatic heterocycles. The van der Waals surface area contributed by atoms with E-state index in [-0.39, 0.29) is 5.54 Å². The molecule has 0 aromatic carbocycles. The Morgan fingerprint density at radius 3 is 2.48 bits per heavy atom. The van der Waals surface area contributed by atoms with Gasteiger partial charge < -0.3 is 5.32 Å². The summed E-state index contributed by atoms with van der Waals surface area (Å²) in [5.41, 5.74) is 0.351. The quantitative estimate of drug-likeness (QED) is 0.946. The number of halogens is 3. The molecule has 4 nitrogen and oxygen atoms in total. The first-order valence-corrected chi connectivity index (χ1v) is 6.48. The van der Waals surface area contributed by atoms with Gasteiger partial charge in [-0.05, 0) is 32.9 Å². The fourth-order valence-corrected chi connectivity index (χ4v) is 1.75. The number of pyridine rings is 1. The van der Waals surface area contributed by atoms with Crippen LogP contribution in [0.4, 0.5) is 13.2 Å². The summed E-state index contributed by atoms with van der Waals surface area (Å²) in [6, 6.07) is 2.61. The highest BCUT2D eigenvalue weighted by Crippen LogP contribution is 2.28. The van der Waals surface area contributed by atoms with Crippen LogP contribution in [0.1, 0.15) is 32.0 Å². The van der Waals surface area contributed by atoms with Gasteiger partial charge in [0.15, 0.2) is 5.69 Å². The van der Waals surface area contributed by atoms with Gasteiger partial charge >= 0.3 is 6.18 Å². The van der Waals surface area contributed by atoms with Crippen LogP contribution in [0, 0.1) is 0 Å². The minimum Gasteiger partial charge on any atom is -0.308 e. The zero-order valence-electron chi connectivity index (χ0n) is 12.1. The predicted octanol–water partition coefficient (Wildman–Crippen LogP) is 3.17. The Hall–Kier alpha value is -1.89. The second-order valence-corrected chi connectivity index (χ2v) is 5.75. The van der Waals surface area contributed by atoms with Crippen LogP contribution in [-0.2, 0) is 12.7 Å². The van der Waals surface area contributed by atoms with Crippen LogP contribution in [-0.4, -0.2) is 20.3 Å². The van der Waals surface area contributed by atoms with Crippen molar-refractivity contribution in [1.29, 1.82) is 0 Å². The molecule has 21 heavy (non-hydrogen) atoms.